The van der Waals surface area contributed by atoms with Crippen molar-refractivity contribution in [3.63, 3.8) is 0 Å². The van der Waals surface area contributed by atoms with Gasteiger partial charge >= 0.3 is 0 Å². The van der Waals surface area contributed by atoms with Crippen LogP contribution in [0.4, 0.5) is 10.3 Å². The molecule has 152 valence electrons. The summed E-state index contributed by atoms with van der Waals surface area (Å²) in [5.41, 5.74) is 0.931. The van der Waals surface area contributed by atoms with Crippen molar-refractivity contribution in [1.82, 2.24) is 20.1 Å². The summed E-state index contributed by atoms with van der Waals surface area (Å²) in [6.07, 6.45) is 1.66. The van der Waals surface area contributed by atoms with E-state index in [1.165, 1.54) is 22.7 Å². The summed E-state index contributed by atoms with van der Waals surface area (Å²) in [6.45, 7) is 5.86. The average Bonchev–Trinajstić information content (AvgIpc) is 3.21. The van der Waals surface area contributed by atoms with Crippen molar-refractivity contribution in [2.75, 3.05) is 37.4 Å². The second-order valence-corrected chi connectivity index (χ2v) is 8.97. The number of methoxy groups -OCH3 is 1. The highest BCUT2D eigenvalue weighted by Crippen LogP contribution is 2.23. The van der Waals surface area contributed by atoms with Gasteiger partial charge in [-0.3, -0.25) is 14.5 Å². The topological polar surface area (TPSA) is 109 Å². The van der Waals surface area contributed by atoms with Gasteiger partial charge in [-0.2, -0.15) is 0 Å². The first-order chi connectivity index (χ1) is 13.4. The summed E-state index contributed by atoms with van der Waals surface area (Å²) >= 11 is 2.77. The molecule has 1 fully saturated rings. The molecule has 2 amide bonds. The van der Waals surface area contributed by atoms with Gasteiger partial charge in [-0.05, 0) is 33.2 Å². The summed E-state index contributed by atoms with van der Waals surface area (Å²) < 4.78 is 5.01. The standard InChI is InChI=1S/C17H24N6O3S2/c1-10-11(2)27-16(18-10)19-13(24)8-23-6-4-5-12(7-23)15(25)20-17-22-21-14(28-17)9-26-3/h12H,4-9H2,1-3H3,(H,18,19,24)(H,20,22,25). The Kier molecular flexibility index (Phi) is 7.05. The highest BCUT2D eigenvalue weighted by Gasteiger charge is 2.27. The van der Waals surface area contributed by atoms with Gasteiger partial charge in [0.1, 0.15) is 11.6 Å². The zero-order chi connectivity index (χ0) is 20.1. The zero-order valence-electron chi connectivity index (χ0n) is 16.2. The number of hydrogen-bond acceptors (Lipinski definition) is 9. The molecule has 0 radical (unpaired) electrons. The Balaban J connectivity index is 1.49. The molecule has 1 aliphatic rings. The Hall–Kier alpha value is -1.95. The van der Waals surface area contributed by atoms with Crippen molar-refractivity contribution >= 4 is 44.8 Å². The minimum Gasteiger partial charge on any atom is -0.377 e. The first-order valence-corrected chi connectivity index (χ1v) is 10.7. The number of nitrogens with one attached hydrogen (secondary N) is 2. The van der Waals surface area contributed by atoms with E-state index < -0.39 is 0 Å². The van der Waals surface area contributed by atoms with Crippen molar-refractivity contribution in [1.29, 1.82) is 0 Å². The minimum atomic E-state index is -0.180. The maximum atomic E-state index is 12.6. The van der Waals surface area contributed by atoms with Crippen molar-refractivity contribution in [2.24, 2.45) is 5.92 Å². The largest absolute Gasteiger partial charge is 0.377 e. The molecule has 0 aromatic carbocycles. The number of amides is 2. The SMILES string of the molecule is COCc1nnc(NC(=O)C2CCCN(CC(=O)Nc3nc(C)c(C)s3)C2)s1. The van der Waals surface area contributed by atoms with Crippen molar-refractivity contribution in [3.8, 4) is 0 Å². The van der Waals surface area contributed by atoms with Gasteiger partial charge in [-0.25, -0.2) is 4.98 Å². The number of likely N-dealkylation sites (tertiary alicyclic amines) is 1. The van der Waals surface area contributed by atoms with Gasteiger partial charge in [0.25, 0.3) is 0 Å². The van der Waals surface area contributed by atoms with Gasteiger partial charge in [0.2, 0.25) is 16.9 Å². The molecular weight excluding hydrogens is 400 g/mol. The first-order valence-electron chi connectivity index (χ1n) is 9.03. The van der Waals surface area contributed by atoms with Crippen LogP contribution >= 0.6 is 22.7 Å². The Morgan fingerprint density at radius 1 is 1.21 bits per heavy atom. The fraction of sp³-hybridized carbons (Fsp3) is 0.588. The molecule has 11 heteroatoms. The summed E-state index contributed by atoms with van der Waals surface area (Å²) in [6, 6.07) is 0. The summed E-state index contributed by atoms with van der Waals surface area (Å²) in [7, 11) is 1.59. The molecule has 3 rings (SSSR count). The van der Waals surface area contributed by atoms with E-state index in [1.54, 1.807) is 7.11 Å². The van der Waals surface area contributed by atoms with Crippen molar-refractivity contribution in [2.45, 2.75) is 33.3 Å². The number of hydrogen-bond donors (Lipinski definition) is 2. The lowest BCUT2D eigenvalue weighted by Gasteiger charge is -2.31. The molecule has 2 N–H and O–H groups in total. The van der Waals surface area contributed by atoms with E-state index in [-0.39, 0.29) is 24.3 Å². The average molecular weight is 425 g/mol. The van der Waals surface area contributed by atoms with Crippen LogP contribution in [-0.4, -0.2) is 58.6 Å². The number of rotatable bonds is 7. The predicted octanol–water partition coefficient (Wildman–Crippen LogP) is 2.05. The molecule has 0 bridgehead atoms. The van der Waals surface area contributed by atoms with Gasteiger partial charge in [0.05, 0.1) is 18.2 Å². The van der Waals surface area contributed by atoms with E-state index >= 15 is 0 Å². The van der Waals surface area contributed by atoms with Gasteiger partial charge in [0, 0.05) is 18.5 Å². The predicted molar refractivity (Wildman–Crippen MR) is 109 cm³/mol. The van der Waals surface area contributed by atoms with E-state index in [4.69, 9.17) is 4.74 Å². The molecule has 9 nitrogen and oxygen atoms in total. The number of aromatic nitrogens is 3. The van der Waals surface area contributed by atoms with E-state index in [2.05, 4.69) is 25.8 Å². The lowest BCUT2D eigenvalue weighted by Crippen LogP contribution is -2.43. The van der Waals surface area contributed by atoms with E-state index in [0.717, 1.165) is 30.0 Å². The number of nitrogens with zero attached hydrogens (tertiary/aromatic N) is 4. The van der Waals surface area contributed by atoms with Crippen LogP contribution in [0.3, 0.4) is 0 Å². The van der Waals surface area contributed by atoms with E-state index in [0.29, 0.717) is 28.4 Å². The maximum absolute atomic E-state index is 12.6. The van der Waals surface area contributed by atoms with Crippen LogP contribution in [-0.2, 0) is 20.9 Å². The fourth-order valence-corrected chi connectivity index (χ4v) is 4.54. The number of carbonyl (C=O) groups excluding carboxylic acids is 2. The highest BCUT2D eigenvalue weighted by atomic mass is 32.1. The Bertz CT molecular complexity index is 817. The number of piperidine rings is 1. The molecule has 2 aromatic heterocycles. The minimum absolute atomic E-state index is 0.0867. The summed E-state index contributed by atoms with van der Waals surface area (Å²) in [5.74, 6) is -0.375. The molecule has 2 aromatic rings. The molecule has 1 saturated heterocycles. The van der Waals surface area contributed by atoms with Crippen LogP contribution in [0.25, 0.3) is 0 Å². The molecule has 28 heavy (non-hydrogen) atoms. The molecule has 0 spiro atoms. The lowest BCUT2D eigenvalue weighted by atomic mass is 9.97. The van der Waals surface area contributed by atoms with Gasteiger partial charge in [-0.1, -0.05) is 11.3 Å². The number of ether oxygens (including phenoxy) is 1. The van der Waals surface area contributed by atoms with Crippen LogP contribution < -0.4 is 10.6 Å². The van der Waals surface area contributed by atoms with Crippen molar-refractivity contribution in [3.05, 3.63) is 15.6 Å². The summed E-state index contributed by atoms with van der Waals surface area (Å²) in [5, 5.41) is 15.4. The smallest absolute Gasteiger partial charge is 0.240 e. The quantitative estimate of drug-likeness (QED) is 0.700. The van der Waals surface area contributed by atoms with Gasteiger partial charge in [-0.15, -0.1) is 21.5 Å². The third-order valence-corrected chi connectivity index (χ3v) is 6.28. The number of carbonyl (C=O) groups is 2. The first kappa shape index (κ1) is 20.8. The van der Waals surface area contributed by atoms with Crippen LogP contribution in [0.1, 0.15) is 28.4 Å². The highest BCUT2D eigenvalue weighted by molar-refractivity contribution is 7.16. The van der Waals surface area contributed by atoms with Crippen LogP contribution in [0.15, 0.2) is 0 Å². The van der Waals surface area contributed by atoms with Crippen LogP contribution in [0.5, 0.6) is 0 Å². The van der Waals surface area contributed by atoms with Crippen molar-refractivity contribution < 1.29 is 14.3 Å². The molecular formula is C17H24N6O3S2. The lowest BCUT2D eigenvalue weighted by molar-refractivity contribution is -0.123. The maximum Gasteiger partial charge on any atom is 0.240 e. The van der Waals surface area contributed by atoms with Gasteiger partial charge < -0.3 is 15.4 Å². The second kappa shape index (κ2) is 9.50. The molecule has 0 aliphatic carbocycles. The molecule has 1 aliphatic heterocycles. The summed E-state index contributed by atoms with van der Waals surface area (Å²) in [4.78, 5) is 32.3. The third kappa shape index (κ3) is 5.53. The number of anilines is 2. The Morgan fingerprint density at radius 3 is 2.75 bits per heavy atom. The Morgan fingerprint density at radius 2 is 2.04 bits per heavy atom. The third-order valence-electron chi connectivity index (χ3n) is 4.48. The van der Waals surface area contributed by atoms with E-state index in [9.17, 15) is 9.59 Å². The van der Waals surface area contributed by atoms with Crippen LogP contribution in [0.2, 0.25) is 0 Å². The molecule has 1 atom stereocenters. The van der Waals surface area contributed by atoms with Gasteiger partial charge in [0.15, 0.2) is 5.13 Å². The second-order valence-electron chi connectivity index (χ2n) is 6.71. The zero-order valence-corrected chi connectivity index (χ0v) is 17.8. The Labute approximate surface area is 171 Å². The fourth-order valence-electron chi connectivity index (χ4n) is 2.99. The number of aryl methyl sites for hydroxylation is 2. The normalized spacial score (nSPS) is 17.5. The van der Waals surface area contributed by atoms with Crippen LogP contribution in [0, 0.1) is 19.8 Å². The molecule has 1 unspecified atom stereocenters. The number of thiazole rings is 1. The van der Waals surface area contributed by atoms with E-state index in [1.807, 2.05) is 18.7 Å². The molecule has 3 heterocycles. The monoisotopic (exact) mass is 424 g/mol. The molecule has 0 saturated carbocycles.